The number of aromatic nitrogens is 3. The van der Waals surface area contributed by atoms with Crippen molar-refractivity contribution in [3.8, 4) is 0 Å². The van der Waals surface area contributed by atoms with Crippen LogP contribution in [-0.4, -0.2) is 57.9 Å². The van der Waals surface area contributed by atoms with E-state index in [1.165, 1.54) is 11.3 Å². The van der Waals surface area contributed by atoms with Gasteiger partial charge in [0.15, 0.2) is 11.0 Å². The number of fused-ring (bicyclic) bond motifs is 1. The highest BCUT2D eigenvalue weighted by molar-refractivity contribution is 7.16. The summed E-state index contributed by atoms with van der Waals surface area (Å²) in [7, 11) is 1.72. The van der Waals surface area contributed by atoms with E-state index in [9.17, 15) is 18.7 Å². The number of halogens is 2. The second kappa shape index (κ2) is 9.37. The van der Waals surface area contributed by atoms with Crippen molar-refractivity contribution in [1.29, 1.82) is 0 Å². The Kier molecular flexibility index (Phi) is 6.45. The lowest BCUT2D eigenvalue weighted by molar-refractivity contribution is -0.0389. The minimum absolute atomic E-state index is 0.0746. The summed E-state index contributed by atoms with van der Waals surface area (Å²) >= 11 is 1.47. The molecule has 2 fully saturated rings. The van der Waals surface area contributed by atoms with Gasteiger partial charge in [0.05, 0.1) is 18.3 Å². The van der Waals surface area contributed by atoms with Crippen LogP contribution in [0.25, 0.3) is 0 Å². The molecule has 2 N–H and O–H groups in total. The molecule has 12 heteroatoms. The van der Waals surface area contributed by atoms with Crippen molar-refractivity contribution in [2.75, 3.05) is 23.4 Å². The summed E-state index contributed by atoms with van der Waals surface area (Å²) in [5.74, 6) is -2.17. The highest BCUT2D eigenvalue weighted by atomic mass is 32.1. The van der Waals surface area contributed by atoms with Gasteiger partial charge < -0.3 is 19.8 Å². The number of hydrogen-bond acceptors (Lipinski definition) is 8. The number of nitrogens with zero attached hydrogens (tertiary/aromatic N) is 5. The number of aliphatic hydroxyl groups excluding tert-OH is 1. The van der Waals surface area contributed by atoms with Crippen molar-refractivity contribution in [3.63, 3.8) is 0 Å². The van der Waals surface area contributed by atoms with Crippen LogP contribution < -0.4 is 15.1 Å². The van der Waals surface area contributed by atoms with Gasteiger partial charge in [-0.25, -0.2) is 18.6 Å². The van der Waals surface area contributed by atoms with E-state index >= 15 is 0 Å². The molecular formula is C22H30F2N6O3S. The molecule has 34 heavy (non-hydrogen) atoms. The van der Waals surface area contributed by atoms with Crippen LogP contribution in [-0.2, 0) is 13.0 Å². The first-order valence-electron chi connectivity index (χ1n) is 11.9. The smallest absolute Gasteiger partial charge is 0.324 e. The lowest BCUT2D eigenvalue weighted by atomic mass is 9.86. The first-order chi connectivity index (χ1) is 16.3. The maximum absolute atomic E-state index is 13.5. The monoisotopic (exact) mass is 496 g/mol. The first-order valence-corrected chi connectivity index (χ1v) is 12.8. The number of carbonyl (C=O) groups excluding carboxylic acids is 1. The van der Waals surface area contributed by atoms with E-state index in [4.69, 9.17) is 4.52 Å². The molecule has 186 valence electrons. The van der Waals surface area contributed by atoms with Gasteiger partial charge in [-0.1, -0.05) is 16.5 Å². The highest BCUT2D eigenvalue weighted by Gasteiger charge is 2.37. The van der Waals surface area contributed by atoms with Crippen molar-refractivity contribution in [2.24, 2.45) is 0 Å². The van der Waals surface area contributed by atoms with E-state index < -0.39 is 5.92 Å². The predicted molar refractivity (Wildman–Crippen MR) is 123 cm³/mol. The summed E-state index contributed by atoms with van der Waals surface area (Å²) in [6.07, 6.45) is 3.86. The van der Waals surface area contributed by atoms with Crippen LogP contribution >= 0.6 is 11.3 Å². The quantitative estimate of drug-likeness (QED) is 0.662. The lowest BCUT2D eigenvalue weighted by Crippen LogP contribution is -2.45. The van der Waals surface area contributed by atoms with E-state index in [2.05, 4.69) is 20.4 Å². The van der Waals surface area contributed by atoms with Gasteiger partial charge in [0, 0.05) is 49.7 Å². The van der Waals surface area contributed by atoms with Crippen molar-refractivity contribution in [2.45, 2.75) is 88.3 Å². The number of hydrogen-bond donors (Lipinski definition) is 2. The summed E-state index contributed by atoms with van der Waals surface area (Å²) in [6.45, 7) is 1.20. The number of urea groups is 1. The third-order valence-electron chi connectivity index (χ3n) is 7.12. The lowest BCUT2D eigenvalue weighted by Gasteiger charge is -2.27. The maximum atomic E-state index is 13.5. The molecule has 2 amide bonds. The van der Waals surface area contributed by atoms with Crippen LogP contribution in [0, 0.1) is 0 Å². The summed E-state index contributed by atoms with van der Waals surface area (Å²) in [5, 5.41) is 17.4. The second-order valence-corrected chi connectivity index (χ2v) is 10.7. The molecule has 0 spiro atoms. The Morgan fingerprint density at radius 3 is 2.68 bits per heavy atom. The van der Waals surface area contributed by atoms with E-state index in [0.717, 1.165) is 23.4 Å². The highest BCUT2D eigenvalue weighted by Crippen LogP contribution is 2.40. The molecule has 0 bridgehead atoms. The SMILES string of the molecule is CN(C(=O)NC1CCC(O)CC1)c1nc2c(s1)CN(c1nc(C3CCC(F)(F)CC3)no1)CC2. The van der Waals surface area contributed by atoms with Crippen LogP contribution in [0.15, 0.2) is 4.52 Å². The van der Waals surface area contributed by atoms with Crippen LogP contribution in [0.5, 0.6) is 0 Å². The van der Waals surface area contributed by atoms with Gasteiger partial charge in [-0.3, -0.25) is 4.90 Å². The number of carbonyl (C=O) groups is 1. The van der Waals surface area contributed by atoms with E-state index in [1.807, 2.05) is 4.90 Å². The van der Waals surface area contributed by atoms with Gasteiger partial charge in [-0.05, 0) is 38.5 Å². The number of thiazole rings is 1. The topological polar surface area (TPSA) is 108 Å². The van der Waals surface area contributed by atoms with Gasteiger partial charge in [-0.15, -0.1) is 0 Å². The Hall–Kier alpha value is -2.34. The Labute approximate surface area is 200 Å². The second-order valence-electron chi connectivity index (χ2n) is 9.62. The summed E-state index contributed by atoms with van der Waals surface area (Å²) in [4.78, 5) is 26.5. The van der Waals surface area contributed by atoms with Gasteiger partial charge in [0.2, 0.25) is 5.92 Å². The third-order valence-corrected chi connectivity index (χ3v) is 8.28. The standard InChI is InChI=1S/C22H30F2N6O3S/c1-29(19(32)25-14-2-4-15(31)5-3-14)21-26-16-8-11-30(12-17(16)34-21)20-27-18(28-33-20)13-6-9-22(23,24)10-7-13/h13-15,31H,2-12H2,1H3,(H,25,32). The summed E-state index contributed by atoms with van der Waals surface area (Å²) in [6, 6.07) is 0.285. The normalized spacial score (nSPS) is 25.1. The fraction of sp³-hybridized carbons (Fsp3) is 0.727. The molecule has 5 rings (SSSR count). The van der Waals surface area contributed by atoms with Crippen molar-refractivity contribution < 1.29 is 23.2 Å². The molecule has 2 aromatic heterocycles. The molecule has 9 nitrogen and oxygen atoms in total. The fourth-order valence-electron chi connectivity index (χ4n) is 4.89. The van der Waals surface area contributed by atoms with Crippen LogP contribution in [0.2, 0.25) is 0 Å². The van der Waals surface area contributed by atoms with Gasteiger partial charge in [0.25, 0.3) is 0 Å². The van der Waals surface area contributed by atoms with Crippen LogP contribution in [0.1, 0.15) is 73.7 Å². The average molecular weight is 497 g/mol. The van der Waals surface area contributed by atoms with Gasteiger partial charge in [-0.2, -0.15) is 4.98 Å². The summed E-state index contributed by atoms with van der Waals surface area (Å²) in [5.41, 5.74) is 0.964. The van der Waals surface area contributed by atoms with Crippen molar-refractivity contribution in [3.05, 3.63) is 16.4 Å². The number of anilines is 2. The van der Waals surface area contributed by atoms with Crippen LogP contribution in [0.4, 0.5) is 24.7 Å². The molecule has 0 aromatic carbocycles. The Morgan fingerprint density at radius 1 is 1.21 bits per heavy atom. The number of alkyl halides is 2. The zero-order valence-electron chi connectivity index (χ0n) is 19.2. The molecule has 2 saturated carbocycles. The number of aliphatic hydroxyl groups is 1. The van der Waals surface area contributed by atoms with Gasteiger partial charge >= 0.3 is 12.0 Å². The van der Waals surface area contributed by atoms with Crippen LogP contribution in [0.3, 0.4) is 0 Å². The molecule has 2 aromatic rings. The van der Waals surface area contributed by atoms with Crippen molar-refractivity contribution in [1.82, 2.24) is 20.4 Å². The zero-order valence-corrected chi connectivity index (χ0v) is 20.0. The molecule has 0 unspecified atom stereocenters. The Morgan fingerprint density at radius 2 is 1.94 bits per heavy atom. The average Bonchev–Trinajstić information content (AvgIpc) is 3.47. The van der Waals surface area contributed by atoms with E-state index in [-0.39, 0.29) is 36.9 Å². The third kappa shape index (κ3) is 5.02. The predicted octanol–water partition coefficient (Wildman–Crippen LogP) is 3.83. The van der Waals surface area contributed by atoms with Crippen molar-refractivity contribution >= 4 is 28.5 Å². The molecular weight excluding hydrogens is 466 g/mol. The molecule has 1 aliphatic heterocycles. The van der Waals surface area contributed by atoms with E-state index in [1.54, 1.807) is 11.9 Å². The first kappa shape index (κ1) is 23.4. The number of nitrogens with one attached hydrogen (secondary N) is 1. The molecule has 0 saturated heterocycles. The number of amides is 2. The van der Waals surface area contributed by atoms with Gasteiger partial charge in [0.1, 0.15) is 0 Å². The van der Waals surface area contributed by atoms with E-state index in [0.29, 0.717) is 62.2 Å². The molecule has 0 radical (unpaired) electrons. The molecule has 3 heterocycles. The molecule has 2 aliphatic carbocycles. The Balaban J connectivity index is 1.20. The zero-order chi connectivity index (χ0) is 23.9. The fourth-order valence-corrected chi connectivity index (χ4v) is 5.97. The summed E-state index contributed by atoms with van der Waals surface area (Å²) < 4.78 is 32.4. The Bertz CT molecular complexity index is 1010. The minimum Gasteiger partial charge on any atom is -0.393 e. The largest absolute Gasteiger partial charge is 0.393 e. The number of rotatable bonds is 4. The molecule has 0 atom stereocenters. The minimum atomic E-state index is -2.58. The molecule has 3 aliphatic rings. The maximum Gasteiger partial charge on any atom is 0.324 e.